The Morgan fingerprint density at radius 1 is 1.25 bits per heavy atom. The van der Waals surface area contributed by atoms with E-state index in [1.165, 1.54) is 0 Å². The molecule has 172 valence electrons. The quantitative estimate of drug-likeness (QED) is 0.430. The average Bonchev–Trinajstić information content (AvgIpc) is 3.26. The normalized spacial score (nSPS) is 16.2. The molecule has 7 nitrogen and oxygen atoms in total. The molecule has 1 saturated heterocycles. The van der Waals surface area contributed by atoms with Crippen LogP contribution in [0.3, 0.4) is 0 Å². The highest BCUT2D eigenvalue weighted by Gasteiger charge is 2.26. The number of aliphatic imine (C=N–C) groups is 1. The lowest BCUT2D eigenvalue weighted by atomic mass is 10.1. The van der Waals surface area contributed by atoms with E-state index in [4.69, 9.17) is 0 Å². The predicted molar refractivity (Wildman–Crippen MR) is 122 cm³/mol. The molecule has 2 aromatic carbocycles. The van der Waals surface area contributed by atoms with Crippen LogP contribution in [0.4, 0.5) is 14.5 Å². The van der Waals surface area contributed by atoms with Gasteiger partial charge in [0, 0.05) is 45.3 Å². The highest BCUT2D eigenvalue weighted by Crippen LogP contribution is 2.31. The van der Waals surface area contributed by atoms with Gasteiger partial charge in [0.1, 0.15) is 5.75 Å². The van der Waals surface area contributed by atoms with Gasteiger partial charge in [-0.2, -0.15) is 8.78 Å². The first-order valence-corrected chi connectivity index (χ1v) is 10.6. The second kappa shape index (κ2) is 11.3. The van der Waals surface area contributed by atoms with Gasteiger partial charge < -0.3 is 25.6 Å². The van der Waals surface area contributed by atoms with Crippen molar-refractivity contribution < 1.29 is 18.3 Å². The van der Waals surface area contributed by atoms with E-state index in [-0.39, 0.29) is 17.7 Å². The Hall–Kier alpha value is -3.36. The second-order valence-corrected chi connectivity index (χ2v) is 7.45. The Balaban J connectivity index is 1.50. The molecule has 1 aliphatic heterocycles. The van der Waals surface area contributed by atoms with E-state index in [1.807, 2.05) is 29.2 Å². The Morgan fingerprint density at radius 3 is 2.81 bits per heavy atom. The molecular weight excluding hydrogens is 416 g/mol. The number of hydrogen-bond acceptors (Lipinski definition) is 4. The van der Waals surface area contributed by atoms with Crippen LogP contribution in [0.5, 0.6) is 5.75 Å². The fraction of sp³-hybridized carbons (Fsp3) is 0.391. The monoisotopic (exact) mass is 445 g/mol. The summed E-state index contributed by atoms with van der Waals surface area (Å²) in [7, 11) is 3.32. The van der Waals surface area contributed by atoms with Gasteiger partial charge in [-0.1, -0.05) is 24.3 Å². The Labute approximate surface area is 186 Å². The number of anilines is 1. The van der Waals surface area contributed by atoms with Gasteiger partial charge in [0.15, 0.2) is 5.96 Å². The smallest absolute Gasteiger partial charge is 0.387 e. The summed E-state index contributed by atoms with van der Waals surface area (Å²) in [6, 6.07) is 14.5. The van der Waals surface area contributed by atoms with E-state index >= 15 is 0 Å². The zero-order valence-electron chi connectivity index (χ0n) is 18.3. The number of ether oxygens (including phenoxy) is 1. The molecule has 3 rings (SSSR count). The number of guanidine groups is 1. The van der Waals surface area contributed by atoms with Crippen molar-refractivity contribution in [3.05, 3.63) is 59.7 Å². The molecular formula is C23H29F2N5O2. The average molecular weight is 446 g/mol. The second-order valence-electron chi connectivity index (χ2n) is 7.45. The van der Waals surface area contributed by atoms with Gasteiger partial charge in [-0.15, -0.1) is 0 Å². The largest absolute Gasteiger partial charge is 0.433 e. The molecule has 1 fully saturated rings. The Morgan fingerprint density at radius 2 is 2.06 bits per heavy atom. The lowest BCUT2D eigenvalue weighted by Crippen LogP contribution is -2.45. The Bertz CT molecular complexity index is 938. The van der Waals surface area contributed by atoms with E-state index in [1.54, 1.807) is 38.4 Å². The fourth-order valence-corrected chi connectivity index (χ4v) is 3.74. The van der Waals surface area contributed by atoms with E-state index < -0.39 is 6.61 Å². The van der Waals surface area contributed by atoms with Crippen LogP contribution in [0, 0.1) is 0 Å². The number of carbonyl (C=O) groups excluding carboxylic acids is 1. The molecule has 1 atom stereocenters. The van der Waals surface area contributed by atoms with Crippen LogP contribution in [0.2, 0.25) is 0 Å². The van der Waals surface area contributed by atoms with Gasteiger partial charge in [0.2, 0.25) is 0 Å². The number of carbonyl (C=O) groups is 1. The van der Waals surface area contributed by atoms with Crippen LogP contribution in [-0.2, 0) is 6.42 Å². The molecule has 1 unspecified atom stereocenters. The third-order valence-corrected chi connectivity index (χ3v) is 5.30. The summed E-state index contributed by atoms with van der Waals surface area (Å²) in [6.45, 7) is -0.825. The van der Waals surface area contributed by atoms with Crippen LogP contribution >= 0.6 is 0 Å². The summed E-state index contributed by atoms with van der Waals surface area (Å²) < 4.78 is 30.1. The van der Waals surface area contributed by atoms with E-state index in [0.29, 0.717) is 30.3 Å². The summed E-state index contributed by atoms with van der Waals surface area (Å²) in [5, 5.41) is 9.32. The molecule has 3 N–H and O–H groups in total. The summed E-state index contributed by atoms with van der Waals surface area (Å²) in [6.07, 6.45) is 1.58. The minimum atomic E-state index is -2.85. The molecule has 0 radical (unpaired) electrons. The van der Waals surface area contributed by atoms with Gasteiger partial charge in [0.05, 0.1) is 5.69 Å². The van der Waals surface area contributed by atoms with Crippen LogP contribution < -0.4 is 25.6 Å². The third-order valence-electron chi connectivity index (χ3n) is 5.30. The van der Waals surface area contributed by atoms with Gasteiger partial charge >= 0.3 is 6.61 Å². The standard InChI is InChI=1S/C23H29F2N5O2/c1-26-21(31)17-7-5-6-16(14-17)10-12-28-23(27-2)29-18-11-13-30(15-18)19-8-3-4-9-20(19)32-22(24)25/h3-9,14,18,22H,10-13,15H2,1-2H3,(H,26,31)(H2,27,28,29). The van der Waals surface area contributed by atoms with E-state index in [2.05, 4.69) is 25.7 Å². The maximum Gasteiger partial charge on any atom is 0.387 e. The number of hydrogen-bond donors (Lipinski definition) is 3. The molecule has 0 saturated carbocycles. The number of nitrogens with zero attached hydrogens (tertiary/aromatic N) is 2. The summed E-state index contributed by atoms with van der Waals surface area (Å²) in [5.74, 6) is 0.754. The summed E-state index contributed by atoms with van der Waals surface area (Å²) in [5.41, 5.74) is 2.35. The SMILES string of the molecule is CN=C(NCCc1cccc(C(=O)NC)c1)NC1CCN(c2ccccc2OC(F)F)C1. The van der Waals surface area contributed by atoms with Crippen LogP contribution in [0.25, 0.3) is 0 Å². The van der Waals surface area contributed by atoms with Crippen molar-refractivity contribution in [1.82, 2.24) is 16.0 Å². The first-order valence-electron chi connectivity index (χ1n) is 10.6. The van der Waals surface area contributed by atoms with Crippen molar-refractivity contribution in [2.45, 2.75) is 25.5 Å². The number of halogens is 2. The third kappa shape index (κ3) is 6.32. The lowest BCUT2D eigenvalue weighted by molar-refractivity contribution is -0.0495. The molecule has 32 heavy (non-hydrogen) atoms. The minimum Gasteiger partial charge on any atom is -0.433 e. The van der Waals surface area contributed by atoms with Crippen molar-refractivity contribution in [3.63, 3.8) is 0 Å². The van der Waals surface area contributed by atoms with Crippen LogP contribution in [0.1, 0.15) is 22.3 Å². The highest BCUT2D eigenvalue weighted by atomic mass is 19.3. The van der Waals surface area contributed by atoms with Crippen molar-refractivity contribution in [1.29, 1.82) is 0 Å². The number of para-hydroxylation sites is 2. The molecule has 0 bridgehead atoms. The van der Waals surface area contributed by atoms with E-state index in [0.717, 1.165) is 24.9 Å². The molecule has 2 aromatic rings. The molecule has 1 amide bonds. The maximum atomic E-state index is 12.7. The van der Waals surface area contributed by atoms with Crippen molar-refractivity contribution in [2.75, 3.05) is 38.6 Å². The predicted octanol–water partition coefficient (Wildman–Crippen LogP) is 2.63. The van der Waals surface area contributed by atoms with Crippen LogP contribution in [-0.4, -0.2) is 58.2 Å². The number of nitrogens with one attached hydrogen (secondary N) is 3. The summed E-state index contributed by atoms with van der Waals surface area (Å²) in [4.78, 5) is 18.1. The molecule has 1 aliphatic rings. The van der Waals surface area contributed by atoms with Gasteiger partial charge in [-0.05, 0) is 42.7 Å². The number of alkyl halides is 2. The number of benzene rings is 2. The zero-order valence-corrected chi connectivity index (χ0v) is 18.3. The van der Waals surface area contributed by atoms with Crippen LogP contribution in [0.15, 0.2) is 53.5 Å². The zero-order chi connectivity index (χ0) is 22.9. The summed E-state index contributed by atoms with van der Waals surface area (Å²) >= 11 is 0. The molecule has 1 heterocycles. The van der Waals surface area contributed by atoms with Crippen molar-refractivity contribution >= 4 is 17.6 Å². The van der Waals surface area contributed by atoms with Gasteiger partial charge in [0.25, 0.3) is 5.91 Å². The minimum absolute atomic E-state index is 0.108. The van der Waals surface area contributed by atoms with E-state index in [9.17, 15) is 13.6 Å². The van der Waals surface area contributed by atoms with Crippen molar-refractivity contribution in [2.24, 2.45) is 4.99 Å². The molecule has 0 spiro atoms. The van der Waals surface area contributed by atoms with Crippen molar-refractivity contribution in [3.8, 4) is 5.75 Å². The van der Waals surface area contributed by atoms with Gasteiger partial charge in [-0.25, -0.2) is 0 Å². The first-order chi connectivity index (χ1) is 15.5. The fourth-order valence-electron chi connectivity index (χ4n) is 3.74. The number of rotatable bonds is 8. The first kappa shape index (κ1) is 23.3. The van der Waals surface area contributed by atoms with Gasteiger partial charge in [-0.3, -0.25) is 9.79 Å². The Kier molecular flexibility index (Phi) is 8.24. The topological polar surface area (TPSA) is 78.0 Å². The maximum absolute atomic E-state index is 12.7. The molecule has 9 heteroatoms. The molecule has 0 aromatic heterocycles. The number of amides is 1. The molecule has 0 aliphatic carbocycles. The highest BCUT2D eigenvalue weighted by molar-refractivity contribution is 5.94. The lowest BCUT2D eigenvalue weighted by Gasteiger charge is -2.22.